The van der Waals surface area contributed by atoms with Gasteiger partial charge in [0.15, 0.2) is 11.6 Å². The van der Waals surface area contributed by atoms with Crippen LogP contribution in [0.15, 0.2) is 18.2 Å². The van der Waals surface area contributed by atoms with E-state index in [0.29, 0.717) is 12.0 Å². The Morgan fingerprint density at radius 1 is 1.36 bits per heavy atom. The fourth-order valence-corrected chi connectivity index (χ4v) is 2.45. The van der Waals surface area contributed by atoms with Crippen LogP contribution in [-0.4, -0.2) is 48.7 Å². The Morgan fingerprint density at radius 2 is 2.09 bits per heavy atom. The number of halogens is 2. The first-order valence-corrected chi connectivity index (χ1v) is 6.88. The fraction of sp³-hybridized carbons (Fsp3) is 0.467. The van der Waals surface area contributed by atoms with Crippen molar-refractivity contribution >= 4 is 11.9 Å². The minimum atomic E-state index is -1.10. The summed E-state index contributed by atoms with van der Waals surface area (Å²) in [6.07, 6.45) is 0.507. The van der Waals surface area contributed by atoms with Gasteiger partial charge in [0.05, 0.1) is 6.61 Å². The molecule has 7 heteroatoms. The van der Waals surface area contributed by atoms with Gasteiger partial charge in [0.1, 0.15) is 6.54 Å². The van der Waals surface area contributed by atoms with Crippen LogP contribution < -0.4 is 0 Å². The normalized spacial score (nSPS) is 19.8. The van der Waals surface area contributed by atoms with Crippen molar-refractivity contribution in [3.05, 3.63) is 35.4 Å². The van der Waals surface area contributed by atoms with Crippen LogP contribution >= 0.6 is 0 Å². The van der Waals surface area contributed by atoms with Crippen LogP contribution in [-0.2, 0) is 14.3 Å². The van der Waals surface area contributed by atoms with Gasteiger partial charge in [0, 0.05) is 19.6 Å². The van der Waals surface area contributed by atoms with E-state index in [4.69, 9.17) is 9.84 Å². The molecule has 5 nitrogen and oxygen atoms in total. The third-order valence-electron chi connectivity index (χ3n) is 3.68. The number of rotatable bonds is 7. The summed E-state index contributed by atoms with van der Waals surface area (Å²) in [6.45, 7) is 0.0212. The summed E-state index contributed by atoms with van der Waals surface area (Å²) < 4.78 is 31.0. The average molecular weight is 313 g/mol. The van der Waals surface area contributed by atoms with E-state index in [1.54, 1.807) is 0 Å². The Balaban J connectivity index is 2.03. The number of carbonyl (C=O) groups is 2. The summed E-state index contributed by atoms with van der Waals surface area (Å²) in [5.41, 5.74) is 0.555. The van der Waals surface area contributed by atoms with Crippen LogP contribution in [0.4, 0.5) is 8.78 Å². The topological polar surface area (TPSA) is 66.8 Å². The van der Waals surface area contributed by atoms with Crippen molar-refractivity contribution in [3.8, 4) is 0 Å². The van der Waals surface area contributed by atoms with Gasteiger partial charge in [-0.05, 0) is 30.0 Å². The van der Waals surface area contributed by atoms with E-state index in [2.05, 4.69) is 0 Å². The molecule has 0 heterocycles. The van der Waals surface area contributed by atoms with Crippen LogP contribution in [0, 0.1) is 17.6 Å². The zero-order chi connectivity index (χ0) is 16.3. The second kappa shape index (κ2) is 6.83. The molecule has 1 aliphatic rings. The van der Waals surface area contributed by atoms with Gasteiger partial charge in [-0.2, -0.15) is 0 Å². The van der Waals surface area contributed by atoms with Crippen molar-refractivity contribution in [2.75, 3.05) is 26.8 Å². The highest BCUT2D eigenvalue weighted by molar-refractivity contribution is 5.86. The molecule has 1 saturated carbocycles. The lowest BCUT2D eigenvalue weighted by molar-refractivity contribution is -0.145. The molecule has 22 heavy (non-hydrogen) atoms. The molecule has 2 rings (SSSR count). The number of methoxy groups -OCH3 is 1. The van der Waals surface area contributed by atoms with Gasteiger partial charge in [0.25, 0.3) is 0 Å². The predicted octanol–water partition coefficient (Wildman–Crippen LogP) is 1.63. The van der Waals surface area contributed by atoms with Crippen LogP contribution in [0.2, 0.25) is 0 Å². The standard InChI is InChI=1S/C15H17F2NO4/c1-22-5-4-18(8-14(19)20)15(21)11-7-10(11)9-2-3-12(16)13(17)6-9/h2-3,6,10-11H,4-5,7-8H2,1H3,(H,19,20). The van der Waals surface area contributed by atoms with E-state index >= 15 is 0 Å². The molecule has 0 saturated heterocycles. The second-order valence-corrected chi connectivity index (χ2v) is 5.27. The molecule has 1 amide bonds. The number of amides is 1. The first-order chi connectivity index (χ1) is 10.4. The fourth-order valence-electron chi connectivity index (χ4n) is 2.45. The number of hydrogen-bond donors (Lipinski definition) is 1. The lowest BCUT2D eigenvalue weighted by Crippen LogP contribution is -2.39. The Labute approximate surface area is 126 Å². The summed E-state index contributed by atoms with van der Waals surface area (Å²) in [4.78, 5) is 24.4. The third-order valence-corrected chi connectivity index (χ3v) is 3.68. The SMILES string of the molecule is COCCN(CC(=O)O)C(=O)C1CC1c1ccc(F)c(F)c1. The van der Waals surface area contributed by atoms with E-state index in [1.165, 1.54) is 18.1 Å². The number of ether oxygens (including phenoxy) is 1. The minimum absolute atomic E-state index is 0.183. The monoisotopic (exact) mass is 313 g/mol. The first kappa shape index (κ1) is 16.4. The predicted molar refractivity (Wildman–Crippen MR) is 73.3 cm³/mol. The van der Waals surface area contributed by atoms with Gasteiger partial charge in [-0.15, -0.1) is 0 Å². The van der Waals surface area contributed by atoms with E-state index in [0.717, 1.165) is 12.1 Å². The minimum Gasteiger partial charge on any atom is -0.480 e. The van der Waals surface area contributed by atoms with Crippen molar-refractivity contribution in [2.24, 2.45) is 5.92 Å². The summed E-state index contributed by atoms with van der Waals surface area (Å²) in [5, 5.41) is 8.86. The van der Waals surface area contributed by atoms with Crippen LogP contribution in [0.1, 0.15) is 17.9 Å². The molecule has 0 aromatic heterocycles. The zero-order valence-corrected chi connectivity index (χ0v) is 12.1. The highest BCUT2D eigenvalue weighted by Gasteiger charge is 2.46. The highest BCUT2D eigenvalue weighted by Crippen LogP contribution is 2.48. The molecule has 2 unspecified atom stereocenters. The number of nitrogens with zero attached hydrogens (tertiary/aromatic N) is 1. The molecule has 1 fully saturated rings. The summed E-state index contributed by atoms with van der Waals surface area (Å²) >= 11 is 0. The van der Waals surface area contributed by atoms with E-state index < -0.39 is 24.1 Å². The first-order valence-electron chi connectivity index (χ1n) is 6.88. The zero-order valence-electron chi connectivity index (χ0n) is 12.1. The van der Waals surface area contributed by atoms with E-state index in [9.17, 15) is 18.4 Å². The van der Waals surface area contributed by atoms with Crippen LogP contribution in [0.3, 0.4) is 0 Å². The summed E-state index contributed by atoms with van der Waals surface area (Å²) in [7, 11) is 1.46. The van der Waals surface area contributed by atoms with Crippen molar-refractivity contribution in [2.45, 2.75) is 12.3 Å². The number of hydrogen-bond acceptors (Lipinski definition) is 3. The van der Waals surface area contributed by atoms with Gasteiger partial charge < -0.3 is 14.7 Å². The number of carboxylic acids is 1. The van der Waals surface area contributed by atoms with E-state index in [1.807, 2.05) is 0 Å². The molecule has 2 atom stereocenters. The van der Waals surface area contributed by atoms with Crippen LogP contribution in [0.5, 0.6) is 0 Å². The van der Waals surface area contributed by atoms with Gasteiger partial charge in [-0.25, -0.2) is 8.78 Å². The lowest BCUT2D eigenvalue weighted by Gasteiger charge is -2.20. The smallest absolute Gasteiger partial charge is 0.323 e. The van der Waals surface area contributed by atoms with Crippen molar-refractivity contribution < 1.29 is 28.2 Å². The van der Waals surface area contributed by atoms with Gasteiger partial charge in [0.2, 0.25) is 5.91 Å². The molecule has 1 aromatic rings. The molecule has 0 aliphatic heterocycles. The van der Waals surface area contributed by atoms with Gasteiger partial charge in [-0.1, -0.05) is 6.07 Å². The van der Waals surface area contributed by atoms with Crippen molar-refractivity contribution in [1.29, 1.82) is 0 Å². The number of benzene rings is 1. The molecular weight excluding hydrogens is 296 g/mol. The van der Waals surface area contributed by atoms with Gasteiger partial charge in [-0.3, -0.25) is 9.59 Å². The maximum Gasteiger partial charge on any atom is 0.323 e. The number of carbonyl (C=O) groups excluding carboxylic acids is 1. The average Bonchev–Trinajstić information content (AvgIpc) is 3.25. The third kappa shape index (κ3) is 3.79. The Morgan fingerprint density at radius 3 is 2.68 bits per heavy atom. The molecule has 1 N–H and O–H groups in total. The number of aliphatic carboxylic acids is 1. The largest absolute Gasteiger partial charge is 0.480 e. The lowest BCUT2D eigenvalue weighted by atomic mass is 10.1. The molecule has 120 valence electrons. The van der Waals surface area contributed by atoms with E-state index in [-0.39, 0.29) is 30.9 Å². The Bertz CT molecular complexity index is 579. The second-order valence-electron chi connectivity index (χ2n) is 5.27. The maximum absolute atomic E-state index is 13.2. The highest BCUT2D eigenvalue weighted by atomic mass is 19.2. The van der Waals surface area contributed by atoms with Crippen LogP contribution in [0.25, 0.3) is 0 Å². The van der Waals surface area contributed by atoms with Gasteiger partial charge >= 0.3 is 5.97 Å². The maximum atomic E-state index is 13.2. The van der Waals surface area contributed by atoms with Crippen molar-refractivity contribution in [3.63, 3.8) is 0 Å². The Hall–Kier alpha value is -2.02. The number of carboxylic acid groups (broad SMARTS) is 1. The molecule has 0 spiro atoms. The molecule has 1 aliphatic carbocycles. The molecule has 0 radical (unpaired) electrons. The quantitative estimate of drug-likeness (QED) is 0.831. The molecule has 0 bridgehead atoms. The molecular formula is C15H17F2NO4. The summed E-state index contributed by atoms with van der Waals surface area (Å²) in [6, 6.07) is 3.57. The molecule has 1 aromatic carbocycles. The summed E-state index contributed by atoms with van der Waals surface area (Å²) in [5.74, 6) is -3.86. The Kier molecular flexibility index (Phi) is 5.07. The van der Waals surface area contributed by atoms with Crippen molar-refractivity contribution in [1.82, 2.24) is 4.90 Å².